The van der Waals surface area contributed by atoms with Gasteiger partial charge in [0, 0.05) is 6.08 Å². The van der Waals surface area contributed by atoms with Crippen molar-refractivity contribution in [2.45, 2.75) is 20.8 Å². The van der Waals surface area contributed by atoms with Crippen LogP contribution in [0.25, 0.3) is 11.6 Å². The summed E-state index contributed by atoms with van der Waals surface area (Å²) < 4.78 is 5.07. The van der Waals surface area contributed by atoms with E-state index in [-0.39, 0.29) is 12.3 Å². The molecule has 1 rings (SSSR count). The highest BCUT2D eigenvalue weighted by molar-refractivity contribution is 6.39. The van der Waals surface area contributed by atoms with E-state index >= 15 is 0 Å². The van der Waals surface area contributed by atoms with Gasteiger partial charge < -0.3 is 10.3 Å². The van der Waals surface area contributed by atoms with Crippen LogP contribution in [0.15, 0.2) is 47.6 Å². The van der Waals surface area contributed by atoms with Crippen LogP contribution in [0.3, 0.4) is 0 Å². The van der Waals surface area contributed by atoms with Crippen LogP contribution < -0.4 is 0 Å². The Morgan fingerprint density at radius 3 is 2.45 bits per heavy atom. The zero-order valence-corrected chi connectivity index (χ0v) is 12.0. The van der Waals surface area contributed by atoms with Crippen LogP contribution in [0.5, 0.6) is 0 Å². The van der Waals surface area contributed by atoms with Gasteiger partial charge in [0.1, 0.15) is 6.61 Å². The third-order valence-corrected chi connectivity index (χ3v) is 2.82. The molecule has 0 amide bonds. The Balaban J connectivity index is 2.68. The van der Waals surface area contributed by atoms with Gasteiger partial charge in [-0.05, 0) is 38.0 Å². The minimum absolute atomic E-state index is 0.129. The summed E-state index contributed by atoms with van der Waals surface area (Å²) >= 11 is 0. The number of allylic oxidation sites excluding steroid dienone is 1. The standard InChI is InChI=1S/C16H18N2O2/c1-12(2)13(3)11-20-16(19)15(18-17)10-9-14-7-5-4-6-8-14/h4-10H,11H2,1-3H3/b10-9+. The van der Waals surface area contributed by atoms with E-state index in [0.29, 0.717) is 0 Å². The Kier molecular flexibility index (Phi) is 6.14. The van der Waals surface area contributed by atoms with E-state index < -0.39 is 5.97 Å². The molecular formula is C16H18N2O2. The number of ether oxygens (including phenoxy) is 1. The first-order valence-electron chi connectivity index (χ1n) is 6.30. The largest absolute Gasteiger partial charge is 0.452 e. The van der Waals surface area contributed by atoms with Crippen LogP contribution in [0.4, 0.5) is 0 Å². The Hall–Kier alpha value is -2.45. The number of carbonyl (C=O) groups excluding carboxylic acids is 1. The molecule has 0 spiro atoms. The molecule has 0 bridgehead atoms. The number of hydrogen-bond acceptors (Lipinski definition) is 2. The highest BCUT2D eigenvalue weighted by Crippen LogP contribution is 2.04. The van der Waals surface area contributed by atoms with Crippen LogP contribution in [-0.4, -0.2) is 23.1 Å². The molecule has 0 saturated heterocycles. The van der Waals surface area contributed by atoms with Gasteiger partial charge in [-0.3, -0.25) is 0 Å². The van der Waals surface area contributed by atoms with Crippen LogP contribution in [0.1, 0.15) is 26.3 Å². The zero-order chi connectivity index (χ0) is 15.0. The van der Waals surface area contributed by atoms with Crippen molar-refractivity contribution in [3.8, 4) is 0 Å². The van der Waals surface area contributed by atoms with Crippen molar-refractivity contribution in [3.05, 3.63) is 58.6 Å². The molecule has 4 heteroatoms. The van der Waals surface area contributed by atoms with E-state index in [9.17, 15) is 4.79 Å². The third kappa shape index (κ3) is 5.04. The highest BCUT2D eigenvalue weighted by Gasteiger charge is 2.18. The van der Waals surface area contributed by atoms with Crippen molar-refractivity contribution in [2.75, 3.05) is 6.61 Å². The molecule has 0 N–H and O–H groups in total. The molecule has 0 aliphatic heterocycles. The van der Waals surface area contributed by atoms with Gasteiger partial charge in [0.15, 0.2) is 0 Å². The maximum Gasteiger partial charge on any atom is 0.421 e. The first-order valence-corrected chi connectivity index (χ1v) is 6.30. The average molecular weight is 270 g/mol. The van der Waals surface area contributed by atoms with E-state index in [1.807, 2.05) is 51.1 Å². The van der Waals surface area contributed by atoms with Gasteiger partial charge in [-0.15, -0.1) is 0 Å². The van der Waals surface area contributed by atoms with Gasteiger partial charge in [-0.1, -0.05) is 35.9 Å². The fraction of sp³-hybridized carbons (Fsp3) is 0.250. The van der Waals surface area contributed by atoms with Gasteiger partial charge in [0.25, 0.3) is 0 Å². The maximum atomic E-state index is 11.7. The molecule has 0 radical (unpaired) electrons. The molecule has 1 aromatic carbocycles. The minimum atomic E-state index is -0.653. The lowest BCUT2D eigenvalue weighted by Crippen LogP contribution is -2.17. The van der Waals surface area contributed by atoms with Crippen LogP contribution >= 0.6 is 0 Å². The summed E-state index contributed by atoms with van der Waals surface area (Å²) in [5, 5.41) is 0. The topological polar surface area (TPSA) is 62.7 Å². The smallest absolute Gasteiger partial charge is 0.421 e. The first-order chi connectivity index (χ1) is 9.54. The molecule has 0 unspecified atom stereocenters. The van der Waals surface area contributed by atoms with E-state index in [1.54, 1.807) is 6.08 Å². The molecule has 0 aliphatic carbocycles. The Bertz CT molecular complexity index is 576. The SMILES string of the molecule is CC(C)=C(C)COC(=O)C(/C=C/c1ccccc1)=[N+]=[N-]. The summed E-state index contributed by atoms with van der Waals surface area (Å²) in [5.74, 6) is -0.653. The lowest BCUT2D eigenvalue weighted by Gasteiger charge is -2.03. The maximum absolute atomic E-state index is 11.7. The van der Waals surface area contributed by atoms with Crippen LogP contribution in [0.2, 0.25) is 0 Å². The monoisotopic (exact) mass is 270 g/mol. The number of hydrogen-bond donors (Lipinski definition) is 0. The molecule has 104 valence electrons. The second-order valence-electron chi connectivity index (χ2n) is 4.59. The molecule has 0 aromatic heterocycles. The minimum Gasteiger partial charge on any atom is -0.452 e. The first kappa shape index (κ1) is 15.6. The third-order valence-electron chi connectivity index (χ3n) is 2.82. The van der Waals surface area contributed by atoms with Gasteiger partial charge in [-0.25, -0.2) is 4.79 Å². The van der Waals surface area contributed by atoms with Crippen molar-refractivity contribution in [1.29, 1.82) is 0 Å². The van der Waals surface area contributed by atoms with Gasteiger partial charge in [-0.2, -0.15) is 4.79 Å². The van der Waals surface area contributed by atoms with E-state index in [1.165, 1.54) is 6.08 Å². The molecule has 20 heavy (non-hydrogen) atoms. The predicted molar refractivity (Wildman–Crippen MR) is 79.1 cm³/mol. The second kappa shape index (κ2) is 7.87. The molecule has 4 nitrogen and oxygen atoms in total. The number of benzene rings is 1. The van der Waals surface area contributed by atoms with Gasteiger partial charge in [0.05, 0.1) is 0 Å². The Morgan fingerprint density at radius 2 is 1.90 bits per heavy atom. The van der Waals surface area contributed by atoms with E-state index in [0.717, 1.165) is 16.7 Å². The van der Waals surface area contributed by atoms with Crippen LogP contribution in [0, 0.1) is 0 Å². The normalized spacial score (nSPS) is 9.95. The van der Waals surface area contributed by atoms with Gasteiger partial charge in [0.2, 0.25) is 0 Å². The summed E-state index contributed by atoms with van der Waals surface area (Å²) in [7, 11) is 0. The molecule has 0 fully saturated rings. The number of carbonyl (C=O) groups is 1. The molecule has 1 aromatic rings. The summed E-state index contributed by atoms with van der Waals surface area (Å²) in [5.41, 5.74) is 11.7. The fourth-order valence-corrected chi connectivity index (χ4v) is 1.27. The quantitative estimate of drug-likeness (QED) is 0.271. The van der Waals surface area contributed by atoms with Crippen molar-refractivity contribution in [1.82, 2.24) is 0 Å². The summed E-state index contributed by atoms with van der Waals surface area (Å²) in [6.45, 7) is 5.97. The Labute approximate surface area is 119 Å². The number of rotatable bonds is 5. The number of nitrogens with zero attached hydrogens (tertiary/aromatic N) is 2. The lowest BCUT2D eigenvalue weighted by molar-refractivity contribution is -0.139. The highest BCUT2D eigenvalue weighted by atomic mass is 16.5. The number of esters is 1. The second-order valence-corrected chi connectivity index (χ2v) is 4.59. The lowest BCUT2D eigenvalue weighted by atomic mass is 10.2. The average Bonchev–Trinajstić information content (AvgIpc) is 2.46. The molecular weight excluding hydrogens is 252 g/mol. The summed E-state index contributed by atoms with van der Waals surface area (Å²) in [6.07, 6.45) is 3.11. The van der Waals surface area contributed by atoms with Crippen molar-refractivity contribution < 1.29 is 14.3 Å². The van der Waals surface area contributed by atoms with Gasteiger partial charge >= 0.3 is 11.7 Å². The zero-order valence-electron chi connectivity index (χ0n) is 12.0. The molecule has 0 saturated carbocycles. The van der Waals surface area contributed by atoms with Crippen molar-refractivity contribution >= 4 is 17.8 Å². The predicted octanol–water partition coefficient (Wildman–Crippen LogP) is 3.27. The van der Waals surface area contributed by atoms with Crippen molar-refractivity contribution in [3.63, 3.8) is 0 Å². The molecule has 0 atom stereocenters. The molecule has 0 aliphatic rings. The summed E-state index contributed by atoms with van der Waals surface area (Å²) in [4.78, 5) is 14.7. The molecule has 0 heterocycles. The van der Waals surface area contributed by atoms with Crippen molar-refractivity contribution in [2.24, 2.45) is 0 Å². The van der Waals surface area contributed by atoms with E-state index in [2.05, 4.69) is 4.79 Å². The fourth-order valence-electron chi connectivity index (χ4n) is 1.27. The van der Waals surface area contributed by atoms with E-state index in [4.69, 9.17) is 10.3 Å². The van der Waals surface area contributed by atoms with Crippen LogP contribution in [-0.2, 0) is 9.53 Å². The summed E-state index contributed by atoms with van der Waals surface area (Å²) in [6, 6.07) is 9.42. The Morgan fingerprint density at radius 1 is 1.25 bits per heavy atom.